The maximum Gasteiger partial charge on any atom is 0.274 e. The summed E-state index contributed by atoms with van der Waals surface area (Å²) < 4.78 is 6.11. The van der Waals surface area contributed by atoms with Crippen molar-refractivity contribution in [2.75, 3.05) is 0 Å². The number of aliphatic imine (C=N–C) groups is 1. The molecular weight excluding hydrogens is 342 g/mol. The molecule has 127 valence electrons. The average Bonchev–Trinajstić information content (AvgIpc) is 3.00. The van der Waals surface area contributed by atoms with Gasteiger partial charge < -0.3 is 4.43 Å². The second-order valence-electron chi connectivity index (χ2n) is 6.24. The number of benzene rings is 2. The lowest BCUT2D eigenvalue weighted by atomic mass is 10.1. The Morgan fingerprint density at radius 1 is 1.00 bits per heavy atom. The predicted octanol–water partition coefficient (Wildman–Crippen LogP) is 6.16. The standard InChI is InChI=1S/C21H22NOSSi/c1-15-10-11-18(19(14-15)23-25(3)4)22-20(17-8-6-5-7-9-17)21-16(2)12-13-24-21/h5-14H,1-4H3. The molecule has 4 heteroatoms. The summed E-state index contributed by atoms with van der Waals surface area (Å²) in [6.45, 7) is 8.50. The van der Waals surface area contributed by atoms with Crippen molar-refractivity contribution in [2.45, 2.75) is 26.9 Å². The second-order valence-corrected chi connectivity index (χ2v) is 9.18. The van der Waals surface area contributed by atoms with Crippen LogP contribution < -0.4 is 4.43 Å². The zero-order valence-electron chi connectivity index (χ0n) is 15.0. The van der Waals surface area contributed by atoms with Gasteiger partial charge in [-0.15, -0.1) is 11.3 Å². The summed E-state index contributed by atoms with van der Waals surface area (Å²) in [5.74, 6) is 0.876. The highest BCUT2D eigenvalue weighted by Crippen LogP contribution is 2.32. The molecule has 0 bridgehead atoms. The Morgan fingerprint density at radius 3 is 2.40 bits per heavy atom. The van der Waals surface area contributed by atoms with Crippen molar-refractivity contribution in [3.8, 4) is 5.75 Å². The zero-order chi connectivity index (χ0) is 17.8. The molecule has 0 atom stereocenters. The van der Waals surface area contributed by atoms with Crippen molar-refractivity contribution in [3.05, 3.63) is 81.5 Å². The summed E-state index contributed by atoms with van der Waals surface area (Å²) in [6.07, 6.45) is 0. The van der Waals surface area contributed by atoms with Gasteiger partial charge in [-0.3, -0.25) is 0 Å². The molecule has 0 spiro atoms. The Bertz CT molecular complexity index is 884. The van der Waals surface area contributed by atoms with E-state index < -0.39 is 9.04 Å². The summed E-state index contributed by atoms with van der Waals surface area (Å²) in [6, 6.07) is 18.7. The topological polar surface area (TPSA) is 21.6 Å². The van der Waals surface area contributed by atoms with Gasteiger partial charge in [0.05, 0.1) is 10.6 Å². The van der Waals surface area contributed by atoms with E-state index in [1.54, 1.807) is 11.3 Å². The van der Waals surface area contributed by atoms with Gasteiger partial charge in [0.25, 0.3) is 9.04 Å². The van der Waals surface area contributed by atoms with E-state index in [9.17, 15) is 0 Å². The van der Waals surface area contributed by atoms with Gasteiger partial charge in [0.15, 0.2) is 0 Å². The minimum atomic E-state index is -0.853. The first kappa shape index (κ1) is 17.6. The first-order valence-corrected chi connectivity index (χ1v) is 11.6. The van der Waals surface area contributed by atoms with Crippen molar-refractivity contribution in [3.63, 3.8) is 0 Å². The highest BCUT2D eigenvalue weighted by Gasteiger charge is 2.14. The van der Waals surface area contributed by atoms with Crippen LogP contribution in [0.25, 0.3) is 0 Å². The molecule has 1 aromatic heterocycles. The van der Waals surface area contributed by atoms with Crippen molar-refractivity contribution >= 4 is 31.8 Å². The fourth-order valence-electron chi connectivity index (χ4n) is 2.59. The third-order valence-electron chi connectivity index (χ3n) is 3.79. The van der Waals surface area contributed by atoms with E-state index in [0.29, 0.717) is 0 Å². The fraction of sp³-hybridized carbons (Fsp3) is 0.190. The smallest absolute Gasteiger partial charge is 0.274 e. The average molecular weight is 365 g/mol. The van der Waals surface area contributed by atoms with Crippen LogP contribution in [0.5, 0.6) is 5.75 Å². The third-order valence-corrected chi connectivity index (χ3v) is 5.44. The van der Waals surface area contributed by atoms with Crippen molar-refractivity contribution in [1.29, 1.82) is 0 Å². The fourth-order valence-corrected chi connectivity index (χ4v) is 4.13. The number of thiophene rings is 1. The Labute approximate surface area is 155 Å². The minimum absolute atomic E-state index is 0.853. The molecule has 0 amide bonds. The molecule has 0 unspecified atom stereocenters. The van der Waals surface area contributed by atoms with Gasteiger partial charge in [-0.1, -0.05) is 36.4 Å². The van der Waals surface area contributed by atoms with Gasteiger partial charge in [0.1, 0.15) is 11.4 Å². The van der Waals surface area contributed by atoms with Gasteiger partial charge in [0, 0.05) is 5.56 Å². The lowest BCUT2D eigenvalue weighted by Crippen LogP contribution is -2.11. The van der Waals surface area contributed by atoms with Gasteiger partial charge in [-0.25, -0.2) is 4.99 Å². The summed E-state index contributed by atoms with van der Waals surface area (Å²) in [5.41, 5.74) is 5.45. The van der Waals surface area contributed by atoms with Crippen LogP contribution in [0.1, 0.15) is 21.6 Å². The van der Waals surface area contributed by atoms with Crippen LogP contribution in [0, 0.1) is 13.8 Å². The largest absolute Gasteiger partial charge is 0.541 e. The summed E-state index contributed by atoms with van der Waals surface area (Å²) in [5, 5.41) is 2.12. The molecule has 25 heavy (non-hydrogen) atoms. The Balaban J connectivity index is 2.16. The van der Waals surface area contributed by atoms with E-state index in [-0.39, 0.29) is 0 Å². The molecule has 0 saturated heterocycles. The van der Waals surface area contributed by atoms with Crippen molar-refractivity contribution in [1.82, 2.24) is 0 Å². The van der Waals surface area contributed by atoms with Crippen LogP contribution in [0.4, 0.5) is 5.69 Å². The molecule has 3 rings (SSSR count). The van der Waals surface area contributed by atoms with Crippen LogP contribution in [-0.2, 0) is 0 Å². The van der Waals surface area contributed by atoms with Crippen LogP contribution >= 0.6 is 11.3 Å². The first-order valence-electron chi connectivity index (χ1n) is 8.32. The molecule has 0 aliphatic carbocycles. The molecular formula is C21H22NOSSi. The summed E-state index contributed by atoms with van der Waals surface area (Å²) in [7, 11) is -0.853. The molecule has 2 aromatic carbocycles. The Hall–Kier alpha value is -2.17. The van der Waals surface area contributed by atoms with E-state index in [2.05, 4.69) is 80.9 Å². The second kappa shape index (κ2) is 7.81. The van der Waals surface area contributed by atoms with Gasteiger partial charge in [-0.2, -0.15) is 0 Å². The summed E-state index contributed by atoms with van der Waals surface area (Å²) >= 11 is 1.73. The van der Waals surface area contributed by atoms with E-state index in [1.165, 1.54) is 16.0 Å². The lowest BCUT2D eigenvalue weighted by molar-refractivity contribution is 0.581. The maximum atomic E-state index is 6.11. The zero-order valence-corrected chi connectivity index (χ0v) is 16.9. The number of hydrogen-bond donors (Lipinski definition) is 0. The number of nitrogens with zero attached hydrogens (tertiary/aromatic N) is 1. The van der Waals surface area contributed by atoms with Crippen LogP contribution in [0.15, 0.2) is 65.0 Å². The lowest BCUT2D eigenvalue weighted by Gasteiger charge is -2.14. The van der Waals surface area contributed by atoms with Gasteiger partial charge >= 0.3 is 0 Å². The highest BCUT2D eigenvalue weighted by atomic mass is 32.1. The van der Waals surface area contributed by atoms with Gasteiger partial charge in [-0.05, 0) is 61.6 Å². The molecule has 0 saturated carbocycles. The Kier molecular flexibility index (Phi) is 5.51. The quantitative estimate of drug-likeness (QED) is 0.392. The number of aryl methyl sites for hydroxylation is 2. The molecule has 0 aliphatic heterocycles. The van der Waals surface area contributed by atoms with E-state index >= 15 is 0 Å². The van der Waals surface area contributed by atoms with Crippen LogP contribution in [-0.4, -0.2) is 14.8 Å². The molecule has 3 aromatic rings. The minimum Gasteiger partial charge on any atom is -0.541 e. The van der Waals surface area contributed by atoms with E-state index in [1.807, 2.05) is 6.07 Å². The molecule has 0 N–H and O–H groups in total. The van der Waals surface area contributed by atoms with Crippen molar-refractivity contribution < 1.29 is 4.43 Å². The predicted molar refractivity (Wildman–Crippen MR) is 110 cm³/mol. The Morgan fingerprint density at radius 2 is 1.76 bits per heavy atom. The van der Waals surface area contributed by atoms with Crippen LogP contribution in [0.2, 0.25) is 13.1 Å². The van der Waals surface area contributed by atoms with Crippen LogP contribution in [0.3, 0.4) is 0 Å². The SMILES string of the molecule is Cc1ccc(N=C(c2ccccc2)c2sccc2C)c(O[Si](C)C)c1. The van der Waals surface area contributed by atoms with E-state index in [0.717, 1.165) is 22.7 Å². The number of rotatable bonds is 5. The molecule has 0 fully saturated rings. The highest BCUT2D eigenvalue weighted by molar-refractivity contribution is 7.12. The number of hydrogen-bond acceptors (Lipinski definition) is 3. The third kappa shape index (κ3) is 4.27. The molecule has 0 aliphatic rings. The molecule has 1 radical (unpaired) electrons. The van der Waals surface area contributed by atoms with Crippen molar-refractivity contribution in [2.24, 2.45) is 4.99 Å². The first-order chi connectivity index (χ1) is 12.0. The molecule has 1 heterocycles. The normalized spacial score (nSPS) is 11.8. The van der Waals surface area contributed by atoms with Gasteiger partial charge in [0.2, 0.25) is 0 Å². The monoisotopic (exact) mass is 364 g/mol. The maximum absolute atomic E-state index is 6.11. The molecule has 2 nitrogen and oxygen atoms in total. The van der Waals surface area contributed by atoms with E-state index in [4.69, 9.17) is 9.42 Å². The summed E-state index contributed by atoms with van der Waals surface area (Å²) in [4.78, 5) is 6.25.